The number of nitrogens with zero attached hydrogens (tertiary/aromatic N) is 2. The number of para-hydroxylation sites is 1. The van der Waals surface area contributed by atoms with E-state index >= 15 is 0 Å². The number of thiophene rings is 1. The summed E-state index contributed by atoms with van der Waals surface area (Å²) in [5, 5.41) is 9.86. The summed E-state index contributed by atoms with van der Waals surface area (Å²) in [6.07, 6.45) is 0. The zero-order valence-corrected chi connectivity index (χ0v) is 31.9. The second kappa shape index (κ2) is 13.8. The van der Waals surface area contributed by atoms with Gasteiger partial charge in [-0.25, -0.2) is 0 Å². The third-order valence-corrected chi connectivity index (χ3v) is 12.2. The summed E-state index contributed by atoms with van der Waals surface area (Å²) in [4.78, 5) is 4.91. The van der Waals surface area contributed by atoms with Crippen molar-refractivity contribution in [3.63, 3.8) is 0 Å². The minimum atomic E-state index is 1.09. The second-order valence-corrected chi connectivity index (χ2v) is 15.7. The van der Waals surface area contributed by atoms with Crippen LogP contribution in [0.5, 0.6) is 0 Å². The van der Waals surface area contributed by atoms with Crippen LogP contribution < -0.4 is 9.80 Å². The van der Waals surface area contributed by atoms with Crippen molar-refractivity contribution >= 4 is 98.0 Å². The lowest BCUT2D eigenvalue weighted by molar-refractivity contribution is 1.24. The van der Waals surface area contributed by atoms with Crippen LogP contribution in [0.15, 0.2) is 218 Å². The molecule has 57 heavy (non-hydrogen) atoms. The molecule has 268 valence electrons. The number of rotatable bonds is 7. The van der Waals surface area contributed by atoms with Crippen LogP contribution in [-0.2, 0) is 0 Å². The summed E-state index contributed by atoms with van der Waals surface area (Å²) in [6.45, 7) is 0. The number of fused-ring (bicyclic) bond motifs is 6. The normalized spacial score (nSPS) is 11.5. The van der Waals surface area contributed by atoms with E-state index in [2.05, 4.69) is 228 Å². The fraction of sp³-hybridized carbons (Fsp3) is 0. The average molecular weight is 745 g/mol. The van der Waals surface area contributed by atoms with Crippen molar-refractivity contribution in [2.24, 2.45) is 0 Å². The van der Waals surface area contributed by atoms with E-state index in [0.29, 0.717) is 0 Å². The molecule has 11 rings (SSSR count). The average Bonchev–Trinajstić information content (AvgIpc) is 3.62. The maximum absolute atomic E-state index is 2.47. The van der Waals surface area contributed by atoms with Crippen LogP contribution in [0.4, 0.5) is 34.1 Å². The van der Waals surface area contributed by atoms with Crippen molar-refractivity contribution in [2.75, 3.05) is 9.80 Å². The largest absolute Gasteiger partial charge is 0.308 e. The molecule has 0 atom stereocenters. The lowest BCUT2D eigenvalue weighted by Crippen LogP contribution is -2.17. The SMILES string of the molecule is c1ccc(-c2cccc(N(c3ccc4ccccc4c3)c3cc4c(cc3N(c3ccccc3)c3ccc5ccccc5c3)sc3cc5ccccc5cc34)c2)cc1. The third kappa shape index (κ3) is 5.97. The maximum atomic E-state index is 2.47. The first-order valence-corrected chi connectivity index (χ1v) is 20.2. The van der Waals surface area contributed by atoms with Gasteiger partial charge in [-0.15, -0.1) is 11.3 Å². The van der Waals surface area contributed by atoms with Gasteiger partial charge >= 0.3 is 0 Å². The van der Waals surface area contributed by atoms with Crippen LogP contribution in [-0.4, -0.2) is 0 Å². The first-order chi connectivity index (χ1) is 28.2. The lowest BCUT2D eigenvalue weighted by atomic mass is 10.0. The van der Waals surface area contributed by atoms with Gasteiger partial charge in [-0.1, -0.05) is 146 Å². The van der Waals surface area contributed by atoms with E-state index in [4.69, 9.17) is 0 Å². The Morgan fingerprint density at radius 3 is 1.35 bits per heavy atom. The van der Waals surface area contributed by atoms with Gasteiger partial charge in [0.25, 0.3) is 0 Å². The van der Waals surface area contributed by atoms with E-state index in [-0.39, 0.29) is 0 Å². The first kappa shape index (κ1) is 33.2. The van der Waals surface area contributed by atoms with Gasteiger partial charge < -0.3 is 9.80 Å². The Hall–Kier alpha value is -7.20. The van der Waals surface area contributed by atoms with Gasteiger partial charge in [0.1, 0.15) is 0 Å². The van der Waals surface area contributed by atoms with Gasteiger partial charge in [-0.2, -0.15) is 0 Å². The molecule has 0 aliphatic heterocycles. The van der Waals surface area contributed by atoms with Crippen LogP contribution in [0.3, 0.4) is 0 Å². The summed E-state index contributed by atoms with van der Waals surface area (Å²) in [6, 6.07) is 79.7. The highest BCUT2D eigenvalue weighted by Crippen LogP contribution is 2.51. The molecule has 0 aliphatic carbocycles. The summed E-state index contributed by atoms with van der Waals surface area (Å²) in [7, 11) is 0. The van der Waals surface area contributed by atoms with E-state index < -0.39 is 0 Å². The molecule has 0 saturated heterocycles. The molecule has 0 saturated carbocycles. The van der Waals surface area contributed by atoms with Crippen molar-refractivity contribution in [1.29, 1.82) is 0 Å². The molecule has 0 spiro atoms. The molecular weight excluding hydrogens is 709 g/mol. The van der Waals surface area contributed by atoms with Gasteiger partial charge in [0.2, 0.25) is 0 Å². The highest BCUT2D eigenvalue weighted by molar-refractivity contribution is 7.26. The van der Waals surface area contributed by atoms with Crippen LogP contribution in [0.2, 0.25) is 0 Å². The van der Waals surface area contributed by atoms with E-state index in [9.17, 15) is 0 Å². The molecule has 0 unspecified atom stereocenters. The van der Waals surface area contributed by atoms with Crippen molar-refractivity contribution in [3.05, 3.63) is 218 Å². The van der Waals surface area contributed by atoms with Crippen LogP contribution in [0.1, 0.15) is 0 Å². The van der Waals surface area contributed by atoms with Crippen LogP contribution >= 0.6 is 11.3 Å². The molecule has 10 aromatic carbocycles. The smallest absolute Gasteiger partial charge is 0.0716 e. The van der Waals surface area contributed by atoms with Crippen molar-refractivity contribution in [1.82, 2.24) is 0 Å². The Bertz CT molecular complexity index is 3260. The molecule has 0 N–H and O–H groups in total. The molecular formula is C54H36N2S. The molecule has 1 aromatic heterocycles. The fourth-order valence-electron chi connectivity index (χ4n) is 8.36. The zero-order chi connectivity index (χ0) is 37.7. The second-order valence-electron chi connectivity index (χ2n) is 14.6. The Balaban J connectivity index is 1.25. The molecule has 1 heterocycles. The van der Waals surface area contributed by atoms with E-state index in [0.717, 1.165) is 34.1 Å². The van der Waals surface area contributed by atoms with Gasteiger partial charge in [-0.05, 0) is 116 Å². The van der Waals surface area contributed by atoms with Crippen molar-refractivity contribution in [2.45, 2.75) is 0 Å². The molecule has 0 fully saturated rings. The predicted molar refractivity (Wildman–Crippen MR) is 247 cm³/mol. The van der Waals surface area contributed by atoms with E-state index in [1.807, 2.05) is 11.3 Å². The molecule has 0 bridgehead atoms. The monoisotopic (exact) mass is 744 g/mol. The summed E-state index contributed by atoms with van der Waals surface area (Å²) < 4.78 is 2.53. The summed E-state index contributed by atoms with van der Waals surface area (Å²) in [5.41, 5.74) is 8.92. The molecule has 0 aliphatic rings. The molecule has 0 radical (unpaired) electrons. The fourth-order valence-corrected chi connectivity index (χ4v) is 9.51. The number of anilines is 6. The number of hydrogen-bond donors (Lipinski definition) is 0. The first-order valence-electron chi connectivity index (χ1n) is 19.4. The molecule has 3 heteroatoms. The molecule has 0 amide bonds. The van der Waals surface area contributed by atoms with E-state index in [1.54, 1.807) is 0 Å². The topological polar surface area (TPSA) is 6.48 Å². The van der Waals surface area contributed by atoms with Gasteiger partial charge in [0, 0.05) is 42.9 Å². The highest BCUT2D eigenvalue weighted by Gasteiger charge is 2.25. The molecule has 11 aromatic rings. The molecule has 2 nitrogen and oxygen atoms in total. The third-order valence-electron chi connectivity index (χ3n) is 11.1. The Kier molecular flexibility index (Phi) is 8.04. The van der Waals surface area contributed by atoms with Crippen LogP contribution in [0, 0.1) is 0 Å². The minimum absolute atomic E-state index is 1.09. The van der Waals surface area contributed by atoms with E-state index in [1.165, 1.54) is 63.6 Å². The Morgan fingerprint density at radius 1 is 0.263 bits per heavy atom. The maximum Gasteiger partial charge on any atom is 0.0716 e. The number of hydrogen-bond acceptors (Lipinski definition) is 3. The van der Waals surface area contributed by atoms with Gasteiger partial charge in [0.05, 0.1) is 11.4 Å². The number of benzene rings is 10. The van der Waals surface area contributed by atoms with Crippen molar-refractivity contribution in [3.8, 4) is 11.1 Å². The quantitative estimate of drug-likeness (QED) is 0.160. The van der Waals surface area contributed by atoms with Gasteiger partial charge in [0.15, 0.2) is 0 Å². The standard InChI is InChI=1S/C54H36N2S/c1-3-14-37(15-4-1)42-22-13-25-46(30-42)56(48-29-27-39-17-8-10-19-41(39)32-48)51-35-50-49-33-43-20-11-12-21-44(43)34-53(49)57-54(50)36-52(51)55(45-23-5-2-6-24-45)47-28-26-38-16-7-9-18-40(38)31-47/h1-36H. The predicted octanol–water partition coefficient (Wildman–Crippen LogP) is 16.1. The Morgan fingerprint density at radius 2 is 0.702 bits per heavy atom. The van der Waals surface area contributed by atoms with Crippen molar-refractivity contribution < 1.29 is 0 Å². The highest BCUT2D eigenvalue weighted by atomic mass is 32.1. The lowest BCUT2D eigenvalue weighted by Gasteiger charge is -2.34. The Labute approximate surface area is 335 Å². The summed E-state index contributed by atoms with van der Waals surface area (Å²) >= 11 is 1.87. The summed E-state index contributed by atoms with van der Waals surface area (Å²) in [5.74, 6) is 0. The van der Waals surface area contributed by atoms with Crippen LogP contribution in [0.25, 0.3) is 63.6 Å². The zero-order valence-electron chi connectivity index (χ0n) is 31.1. The van der Waals surface area contributed by atoms with Gasteiger partial charge in [-0.3, -0.25) is 0 Å². The minimum Gasteiger partial charge on any atom is -0.308 e.